The van der Waals surface area contributed by atoms with E-state index in [-0.39, 0.29) is 5.69 Å². The minimum absolute atomic E-state index is 0.0254. The minimum atomic E-state index is -1.05. The quantitative estimate of drug-likeness (QED) is 0.783. The van der Waals surface area contributed by atoms with Gasteiger partial charge in [0.25, 0.3) is 0 Å². The molecule has 0 unspecified atom stereocenters. The number of carbonyl (C=O) groups is 1. The highest BCUT2D eigenvalue weighted by molar-refractivity contribution is 5.84. The van der Waals surface area contributed by atoms with Crippen molar-refractivity contribution in [3.05, 3.63) is 18.1 Å². The SMILES string of the molecule is CC1CC(Nc2cnc(C(=O)O)cn2)C1. The van der Waals surface area contributed by atoms with Crippen LogP contribution in [0.3, 0.4) is 0 Å². The molecule has 1 fully saturated rings. The predicted molar refractivity (Wildman–Crippen MR) is 54.8 cm³/mol. The lowest BCUT2D eigenvalue weighted by molar-refractivity contribution is 0.0690. The molecular weight excluding hydrogens is 194 g/mol. The standard InChI is InChI=1S/C10H13N3O2/c1-6-2-7(3-6)13-9-5-11-8(4-12-9)10(14)15/h4-7H,2-3H2,1H3,(H,12,13)(H,14,15). The lowest BCUT2D eigenvalue weighted by Crippen LogP contribution is -2.34. The zero-order valence-corrected chi connectivity index (χ0v) is 8.47. The number of hydrogen-bond acceptors (Lipinski definition) is 4. The molecule has 1 heterocycles. The Kier molecular flexibility index (Phi) is 2.53. The summed E-state index contributed by atoms with van der Waals surface area (Å²) in [4.78, 5) is 18.3. The summed E-state index contributed by atoms with van der Waals surface area (Å²) >= 11 is 0. The number of aromatic carboxylic acids is 1. The topological polar surface area (TPSA) is 75.1 Å². The molecule has 0 atom stereocenters. The van der Waals surface area contributed by atoms with Crippen LogP contribution in [-0.4, -0.2) is 27.1 Å². The molecule has 0 spiro atoms. The summed E-state index contributed by atoms with van der Waals surface area (Å²) in [6.07, 6.45) is 5.02. The van der Waals surface area contributed by atoms with E-state index < -0.39 is 5.97 Å². The average Bonchev–Trinajstić information content (AvgIpc) is 2.16. The lowest BCUT2D eigenvalue weighted by atomic mass is 9.82. The average molecular weight is 207 g/mol. The van der Waals surface area contributed by atoms with Gasteiger partial charge < -0.3 is 10.4 Å². The highest BCUT2D eigenvalue weighted by atomic mass is 16.4. The largest absolute Gasteiger partial charge is 0.476 e. The zero-order chi connectivity index (χ0) is 10.8. The van der Waals surface area contributed by atoms with Gasteiger partial charge in [-0.15, -0.1) is 0 Å². The van der Waals surface area contributed by atoms with Crippen LogP contribution in [0.1, 0.15) is 30.3 Å². The van der Waals surface area contributed by atoms with Crippen LogP contribution in [0, 0.1) is 5.92 Å². The monoisotopic (exact) mass is 207 g/mol. The molecule has 0 aliphatic heterocycles. The molecule has 5 heteroatoms. The zero-order valence-electron chi connectivity index (χ0n) is 8.47. The molecule has 1 aromatic rings. The molecule has 80 valence electrons. The van der Waals surface area contributed by atoms with Crippen molar-refractivity contribution >= 4 is 11.8 Å². The van der Waals surface area contributed by atoms with E-state index in [1.165, 1.54) is 12.4 Å². The van der Waals surface area contributed by atoms with Crippen molar-refractivity contribution in [3.8, 4) is 0 Å². The highest BCUT2D eigenvalue weighted by Crippen LogP contribution is 2.28. The number of nitrogens with one attached hydrogen (secondary N) is 1. The summed E-state index contributed by atoms with van der Waals surface area (Å²) in [7, 11) is 0. The van der Waals surface area contributed by atoms with Gasteiger partial charge >= 0.3 is 5.97 Å². The highest BCUT2D eigenvalue weighted by Gasteiger charge is 2.25. The first kappa shape index (κ1) is 9.89. The Morgan fingerprint density at radius 3 is 2.67 bits per heavy atom. The third kappa shape index (κ3) is 2.23. The van der Waals surface area contributed by atoms with Crippen LogP contribution in [0.25, 0.3) is 0 Å². The predicted octanol–water partition coefficient (Wildman–Crippen LogP) is 1.39. The van der Waals surface area contributed by atoms with Crippen molar-refractivity contribution in [1.29, 1.82) is 0 Å². The van der Waals surface area contributed by atoms with Gasteiger partial charge in [0.2, 0.25) is 0 Å². The fourth-order valence-electron chi connectivity index (χ4n) is 1.74. The summed E-state index contributed by atoms with van der Waals surface area (Å²) in [5, 5.41) is 11.8. The maximum atomic E-state index is 10.5. The number of carboxylic acids is 1. The van der Waals surface area contributed by atoms with E-state index in [0.717, 1.165) is 18.8 Å². The Labute approximate surface area is 87.6 Å². The van der Waals surface area contributed by atoms with Crippen molar-refractivity contribution in [3.63, 3.8) is 0 Å². The first-order valence-electron chi connectivity index (χ1n) is 4.97. The summed E-state index contributed by atoms with van der Waals surface area (Å²) in [5.41, 5.74) is -0.0254. The Bertz CT molecular complexity index is 357. The smallest absolute Gasteiger partial charge is 0.356 e. The second kappa shape index (κ2) is 3.84. The maximum Gasteiger partial charge on any atom is 0.356 e. The molecule has 0 bridgehead atoms. The van der Waals surface area contributed by atoms with Crippen LogP contribution in [-0.2, 0) is 0 Å². The molecule has 2 N–H and O–H groups in total. The lowest BCUT2D eigenvalue weighted by Gasteiger charge is -2.33. The first-order valence-corrected chi connectivity index (χ1v) is 4.97. The molecule has 1 saturated carbocycles. The Morgan fingerprint density at radius 2 is 2.20 bits per heavy atom. The molecule has 2 rings (SSSR count). The van der Waals surface area contributed by atoms with Gasteiger partial charge in [0.1, 0.15) is 5.82 Å². The third-order valence-corrected chi connectivity index (χ3v) is 2.60. The van der Waals surface area contributed by atoms with E-state index in [2.05, 4.69) is 22.2 Å². The van der Waals surface area contributed by atoms with E-state index in [0.29, 0.717) is 11.9 Å². The molecule has 0 aromatic carbocycles. The number of nitrogens with zero attached hydrogens (tertiary/aromatic N) is 2. The summed E-state index contributed by atoms with van der Waals surface area (Å²) in [5.74, 6) is 0.372. The molecule has 1 aliphatic carbocycles. The van der Waals surface area contributed by atoms with Crippen molar-refractivity contribution < 1.29 is 9.90 Å². The van der Waals surface area contributed by atoms with Crippen molar-refractivity contribution in [2.45, 2.75) is 25.8 Å². The normalized spacial score (nSPS) is 24.3. The van der Waals surface area contributed by atoms with Gasteiger partial charge in [-0.2, -0.15) is 0 Å². The molecule has 1 aliphatic rings. The Hall–Kier alpha value is -1.65. The number of carboxylic acid groups (broad SMARTS) is 1. The van der Waals surface area contributed by atoms with E-state index >= 15 is 0 Å². The third-order valence-electron chi connectivity index (χ3n) is 2.60. The van der Waals surface area contributed by atoms with Crippen LogP contribution in [0.15, 0.2) is 12.4 Å². The molecule has 15 heavy (non-hydrogen) atoms. The van der Waals surface area contributed by atoms with E-state index in [1.54, 1.807) is 0 Å². The Morgan fingerprint density at radius 1 is 1.47 bits per heavy atom. The number of rotatable bonds is 3. The van der Waals surface area contributed by atoms with Gasteiger partial charge in [-0.25, -0.2) is 14.8 Å². The minimum Gasteiger partial charge on any atom is -0.476 e. The van der Waals surface area contributed by atoms with Crippen molar-refractivity contribution in [1.82, 2.24) is 9.97 Å². The maximum absolute atomic E-state index is 10.5. The van der Waals surface area contributed by atoms with Crippen LogP contribution in [0.2, 0.25) is 0 Å². The van der Waals surface area contributed by atoms with Crippen molar-refractivity contribution in [2.75, 3.05) is 5.32 Å². The van der Waals surface area contributed by atoms with E-state index in [9.17, 15) is 4.79 Å². The molecule has 5 nitrogen and oxygen atoms in total. The van der Waals surface area contributed by atoms with E-state index in [4.69, 9.17) is 5.11 Å². The number of aromatic nitrogens is 2. The second-order valence-corrected chi connectivity index (χ2v) is 4.01. The van der Waals surface area contributed by atoms with Crippen LogP contribution in [0.4, 0.5) is 5.82 Å². The van der Waals surface area contributed by atoms with Crippen LogP contribution < -0.4 is 5.32 Å². The summed E-state index contributed by atoms with van der Waals surface area (Å²) in [6.45, 7) is 2.21. The van der Waals surface area contributed by atoms with Gasteiger partial charge in [-0.1, -0.05) is 6.92 Å². The van der Waals surface area contributed by atoms with Gasteiger partial charge in [-0.3, -0.25) is 0 Å². The van der Waals surface area contributed by atoms with Gasteiger partial charge in [-0.05, 0) is 18.8 Å². The molecule has 0 saturated heterocycles. The Balaban J connectivity index is 1.95. The number of hydrogen-bond donors (Lipinski definition) is 2. The molecular formula is C10H13N3O2. The summed E-state index contributed by atoms with van der Waals surface area (Å²) in [6, 6.07) is 0.463. The first-order chi connectivity index (χ1) is 7.15. The van der Waals surface area contributed by atoms with Crippen LogP contribution >= 0.6 is 0 Å². The van der Waals surface area contributed by atoms with Gasteiger partial charge in [0.05, 0.1) is 12.4 Å². The fraction of sp³-hybridized carbons (Fsp3) is 0.500. The van der Waals surface area contributed by atoms with Gasteiger partial charge in [0, 0.05) is 6.04 Å². The molecule has 1 aromatic heterocycles. The van der Waals surface area contributed by atoms with Crippen LogP contribution in [0.5, 0.6) is 0 Å². The number of anilines is 1. The molecule has 0 amide bonds. The second-order valence-electron chi connectivity index (χ2n) is 4.01. The van der Waals surface area contributed by atoms with Crippen molar-refractivity contribution in [2.24, 2.45) is 5.92 Å². The molecule has 0 radical (unpaired) electrons. The van der Waals surface area contributed by atoms with E-state index in [1.807, 2.05) is 0 Å². The summed E-state index contributed by atoms with van der Waals surface area (Å²) < 4.78 is 0. The fourth-order valence-corrected chi connectivity index (χ4v) is 1.74. The van der Waals surface area contributed by atoms with Gasteiger partial charge in [0.15, 0.2) is 5.69 Å².